The molecule has 2 aromatic rings. The van der Waals surface area contributed by atoms with Crippen molar-refractivity contribution in [2.24, 2.45) is 5.92 Å². The maximum atomic E-state index is 12.8. The van der Waals surface area contributed by atoms with Gasteiger partial charge in [-0.25, -0.2) is 4.79 Å². The van der Waals surface area contributed by atoms with E-state index in [0.717, 1.165) is 23.6 Å². The van der Waals surface area contributed by atoms with Crippen LogP contribution in [0.4, 0.5) is 10.5 Å². The molecule has 188 valence electrons. The van der Waals surface area contributed by atoms with E-state index in [1.54, 1.807) is 17.0 Å². The van der Waals surface area contributed by atoms with Crippen molar-refractivity contribution in [3.8, 4) is 5.75 Å². The quantitative estimate of drug-likeness (QED) is 0.572. The summed E-state index contributed by atoms with van der Waals surface area (Å²) in [5, 5.41) is 14.7. The molecule has 0 unspecified atom stereocenters. The molecule has 0 aliphatic carbocycles. The number of benzene rings is 2. The number of anilines is 1. The first-order chi connectivity index (χ1) is 17.0. The van der Waals surface area contributed by atoms with Crippen LogP contribution in [0.25, 0.3) is 0 Å². The van der Waals surface area contributed by atoms with Crippen LogP contribution in [-0.2, 0) is 5.60 Å². The molecule has 0 saturated carbocycles. The number of carbonyl (C=O) groups excluding carboxylic acids is 1. The second-order valence-corrected chi connectivity index (χ2v) is 10.7. The molecule has 3 aliphatic rings. The van der Waals surface area contributed by atoms with Crippen molar-refractivity contribution in [3.05, 3.63) is 59.1 Å². The molecule has 2 atom stereocenters. The van der Waals surface area contributed by atoms with Gasteiger partial charge in [0.25, 0.3) is 0 Å². The number of halogens is 1. The second kappa shape index (κ2) is 10.8. The van der Waals surface area contributed by atoms with Crippen molar-refractivity contribution < 1.29 is 14.6 Å². The summed E-state index contributed by atoms with van der Waals surface area (Å²) in [5.41, 5.74) is 0.673. The van der Waals surface area contributed by atoms with Crippen LogP contribution in [0.5, 0.6) is 5.75 Å². The molecule has 3 saturated heterocycles. The van der Waals surface area contributed by atoms with Gasteiger partial charge in [0.1, 0.15) is 5.75 Å². The topological polar surface area (TPSA) is 65.0 Å². The molecule has 5 rings (SSSR count). The van der Waals surface area contributed by atoms with Gasteiger partial charge in [0.05, 0.1) is 12.2 Å². The van der Waals surface area contributed by atoms with Gasteiger partial charge in [0.2, 0.25) is 0 Å². The third kappa shape index (κ3) is 5.76. The molecule has 2 amide bonds. The Morgan fingerprint density at radius 3 is 2.43 bits per heavy atom. The number of rotatable bonds is 5. The van der Waals surface area contributed by atoms with Gasteiger partial charge in [-0.05, 0) is 93.6 Å². The van der Waals surface area contributed by atoms with Gasteiger partial charge in [-0.2, -0.15) is 0 Å². The van der Waals surface area contributed by atoms with E-state index in [-0.39, 0.29) is 6.03 Å². The molecule has 0 bridgehead atoms. The van der Waals surface area contributed by atoms with Crippen LogP contribution in [0, 0.1) is 5.92 Å². The van der Waals surface area contributed by atoms with Crippen LogP contribution >= 0.6 is 11.6 Å². The molecule has 2 aromatic carbocycles. The van der Waals surface area contributed by atoms with Crippen LogP contribution < -0.4 is 10.1 Å². The summed E-state index contributed by atoms with van der Waals surface area (Å²) < 4.78 is 6.16. The molecule has 3 fully saturated rings. The second-order valence-electron chi connectivity index (χ2n) is 10.3. The van der Waals surface area contributed by atoms with Crippen LogP contribution in [0.3, 0.4) is 0 Å². The summed E-state index contributed by atoms with van der Waals surface area (Å²) in [5.74, 6) is 1.45. The lowest BCUT2D eigenvalue weighted by molar-refractivity contribution is -0.0156. The van der Waals surface area contributed by atoms with Crippen molar-refractivity contribution >= 4 is 23.3 Å². The number of nitrogens with zero attached hydrogens (tertiary/aromatic N) is 2. The molecule has 0 aromatic heterocycles. The number of fused-ring (bicyclic) bond motifs is 1. The summed E-state index contributed by atoms with van der Waals surface area (Å²) in [7, 11) is 0. The van der Waals surface area contributed by atoms with E-state index in [1.165, 1.54) is 45.2 Å². The Morgan fingerprint density at radius 1 is 0.971 bits per heavy atom. The molecular weight excluding hydrogens is 462 g/mol. The standard InChI is InChI=1S/C28H36ClN3O3/c29-23-8-6-22(7-9-23)28(34)14-18-32(19-15-28)27(33)30-24-10-12-25(13-11-24)35-20-21-4-3-17-31-16-2-1-5-26(21)31/h6-13,21,26,34H,1-5,14-20H2,(H,30,33)/t21-,26+/m0/s1. The van der Waals surface area contributed by atoms with E-state index >= 15 is 0 Å². The third-order valence-corrected chi connectivity index (χ3v) is 8.31. The minimum absolute atomic E-state index is 0.142. The van der Waals surface area contributed by atoms with E-state index in [1.807, 2.05) is 36.4 Å². The molecular formula is C28H36ClN3O3. The van der Waals surface area contributed by atoms with Gasteiger partial charge in [-0.3, -0.25) is 4.90 Å². The molecule has 3 heterocycles. The zero-order valence-corrected chi connectivity index (χ0v) is 21.1. The summed E-state index contributed by atoms with van der Waals surface area (Å²) in [6.45, 7) is 4.23. The molecule has 0 radical (unpaired) electrons. The zero-order valence-electron chi connectivity index (χ0n) is 20.3. The highest BCUT2D eigenvalue weighted by Gasteiger charge is 2.36. The van der Waals surface area contributed by atoms with Crippen molar-refractivity contribution in [2.75, 3.05) is 38.1 Å². The Labute approximate surface area is 213 Å². The SMILES string of the molecule is O=C(Nc1ccc(OC[C@@H]2CCCN3CCCC[C@H]23)cc1)N1CCC(O)(c2ccc(Cl)cc2)CC1. The fourth-order valence-corrected chi connectivity index (χ4v) is 6.07. The summed E-state index contributed by atoms with van der Waals surface area (Å²) in [6, 6.07) is 15.5. The molecule has 35 heavy (non-hydrogen) atoms. The maximum absolute atomic E-state index is 12.8. The number of carbonyl (C=O) groups is 1. The number of urea groups is 1. The van der Waals surface area contributed by atoms with E-state index in [0.29, 0.717) is 42.9 Å². The normalized spacial score (nSPS) is 24.5. The Bertz CT molecular complexity index is 988. The van der Waals surface area contributed by atoms with Crippen LogP contribution in [0.1, 0.15) is 50.5 Å². The van der Waals surface area contributed by atoms with Gasteiger partial charge in [-0.15, -0.1) is 0 Å². The molecule has 7 heteroatoms. The number of piperidine rings is 3. The maximum Gasteiger partial charge on any atom is 0.321 e. The van der Waals surface area contributed by atoms with Crippen molar-refractivity contribution in [3.63, 3.8) is 0 Å². The summed E-state index contributed by atoms with van der Waals surface area (Å²) in [4.78, 5) is 17.2. The molecule has 3 aliphatic heterocycles. The number of ether oxygens (including phenoxy) is 1. The van der Waals surface area contributed by atoms with Gasteiger partial charge in [0.15, 0.2) is 0 Å². The number of likely N-dealkylation sites (tertiary alicyclic amines) is 1. The fraction of sp³-hybridized carbons (Fsp3) is 0.536. The molecule has 2 N–H and O–H groups in total. The Kier molecular flexibility index (Phi) is 7.51. The first-order valence-electron chi connectivity index (χ1n) is 13.0. The summed E-state index contributed by atoms with van der Waals surface area (Å²) in [6.07, 6.45) is 7.47. The highest BCUT2D eigenvalue weighted by Crippen LogP contribution is 2.34. The number of amides is 2. The first kappa shape index (κ1) is 24.4. The van der Waals surface area contributed by atoms with Crippen LogP contribution in [0.2, 0.25) is 5.02 Å². The monoisotopic (exact) mass is 497 g/mol. The Hall–Kier alpha value is -2.28. The van der Waals surface area contributed by atoms with Crippen molar-refractivity contribution in [1.82, 2.24) is 9.80 Å². The number of hydrogen-bond acceptors (Lipinski definition) is 4. The average Bonchev–Trinajstić information content (AvgIpc) is 2.89. The Morgan fingerprint density at radius 2 is 1.69 bits per heavy atom. The number of nitrogens with one attached hydrogen (secondary N) is 1. The average molecular weight is 498 g/mol. The minimum atomic E-state index is -0.923. The fourth-order valence-electron chi connectivity index (χ4n) is 5.94. The third-order valence-electron chi connectivity index (χ3n) is 8.06. The van der Waals surface area contributed by atoms with Gasteiger partial charge >= 0.3 is 6.03 Å². The molecule has 0 spiro atoms. The van der Waals surface area contributed by atoms with Crippen molar-refractivity contribution in [1.29, 1.82) is 0 Å². The minimum Gasteiger partial charge on any atom is -0.493 e. The van der Waals surface area contributed by atoms with E-state index in [2.05, 4.69) is 10.2 Å². The summed E-state index contributed by atoms with van der Waals surface area (Å²) >= 11 is 5.97. The van der Waals surface area contributed by atoms with Crippen LogP contribution in [-0.4, -0.2) is 59.8 Å². The number of aliphatic hydroxyl groups is 1. The lowest BCUT2D eigenvalue weighted by Crippen LogP contribution is -2.49. The van der Waals surface area contributed by atoms with Crippen molar-refractivity contribution in [2.45, 2.75) is 56.6 Å². The lowest BCUT2D eigenvalue weighted by Gasteiger charge is -2.44. The van der Waals surface area contributed by atoms with Gasteiger partial charge < -0.3 is 20.1 Å². The zero-order chi connectivity index (χ0) is 24.3. The largest absolute Gasteiger partial charge is 0.493 e. The van der Waals surface area contributed by atoms with E-state index in [9.17, 15) is 9.90 Å². The number of hydrogen-bond donors (Lipinski definition) is 2. The van der Waals surface area contributed by atoms with E-state index in [4.69, 9.17) is 16.3 Å². The predicted molar refractivity (Wildman–Crippen MR) is 139 cm³/mol. The smallest absolute Gasteiger partial charge is 0.321 e. The first-order valence-corrected chi connectivity index (χ1v) is 13.4. The predicted octanol–water partition coefficient (Wildman–Crippen LogP) is 5.50. The highest BCUT2D eigenvalue weighted by atomic mass is 35.5. The van der Waals surface area contributed by atoms with Crippen LogP contribution in [0.15, 0.2) is 48.5 Å². The highest BCUT2D eigenvalue weighted by molar-refractivity contribution is 6.30. The van der Waals surface area contributed by atoms with Gasteiger partial charge in [-0.1, -0.05) is 30.2 Å². The molecule has 6 nitrogen and oxygen atoms in total. The van der Waals surface area contributed by atoms with E-state index < -0.39 is 5.60 Å². The van der Waals surface area contributed by atoms with Gasteiger partial charge in [0, 0.05) is 35.8 Å². The Balaban J connectivity index is 1.10. The lowest BCUT2D eigenvalue weighted by atomic mass is 9.84.